The van der Waals surface area contributed by atoms with Crippen LogP contribution < -0.4 is 16.2 Å². The van der Waals surface area contributed by atoms with Gasteiger partial charge in [-0.25, -0.2) is 4.98 Å². The number of aromatic amines is 1. The van der Waals surface area contributed by atoms with E-state index in [0.717, 1.165) is 11.1 Å². The molecule has 1 aliphatic heterocycles. The summed E-state index contributed by atoms with van der Waals surface area (Å²) in [5, 5.41) is 0. The third kappa shape index (κ3) is 3.43. The Morgan fingerprint density at radius 2 is 1.83 bits per heavy atom. The third-order valence-corrected chi connectivity index (χ3v) is 5.29. The number of pyridine rings is 2. The Labute approximate surface area is 173 Å². The molecule has 1 aromatic carbocycles. The summed E-state index contributed by atoms with van der Waals surface area (Å²) in [5.74, 6) is -0.105. The number of hydrogen-bond donors (Lipinski definition) is 2. The molecule has 0 fully saturated rings. The molecule has 0 saturated carbocycles. The van der Waals surface area contributed by atoms with Gasteiger partial charge in [0.1, 0.15) is 11.9 Å². The van der Waals surface area contributed by atoms with Gasteiger partial charge in [-0.1, -0.05) is 12.1 Å². The van der Waals surface area contributed by atoms with E-state index in [1.54, 1.807) is 50.5 Å². The molecule has 1 atom stereocenters. The van der Waals surface area contributed by atoms with E-state index in [1.807, 2.05) is 12.1 Å². The van der Waals surface area contributed by atoms with Gasteiger partial charge in [0, 0.05) is 25.0 Å². The molecule has 0 bridgehead atoms. The molecule has 3 N–H and O–H groups in total. The topological polar surface area (TPSA) is 112 Å². The predicted molar refractivity (Wildman–Crippen MR) is 114 cm³/mol. The Hall–Kier alpha value is -3.94. The number of anilines is 2. The summed E-state index contributed by atoms with van der Waals surface area (Å²) in [6.07, 6.45) is 1.61. The standard InChI is InChI=1S/C22H21N5O3/c1-13-21(29)26(2)18-10-14(15-8-9-24-19(23)11-15)6-7-17(18)22(30)27(13)12-16-4-3-5-20(28)25-16/h3-11,13H,12H2,1-2H3,(H2,23,24)(H,25,28)/t13-/m1/s1. The van der Waals surface area contributed by atoms with Crippen LogP contribution in [0.25, 0.3) is 11.1 Å². The molecule has 0 saturated heterocycles. The number of fused-ring (bicyclic) bond motifs is 1. The molecule has 152 valence electrons. The summed E-state index contributed by atoms with van der Waals surface area (Å²) >= 11 is 0. The Kier molecular flexibility index (Phi) is 4.83. The normalized spacial score (nSPS) is 16.4. The number of carbonyl (C=O) groups is 2. The van der Waals surface area contributed by atoms with Gasteiger partial charge in [0.15, 0.2) is 0 Å². The largest absolute Gasteiger partial charge is 0.384 e. The Balaban J connectivity index is 1.77. The molecular weight excluding hydrogens is 382 g/mol. The lowest BCUT2D eigenvalue weighted by atomic mass is 10.0. The summed E-state index contributed by atoms with van der Waals surface area (Å²) in [7, 11) is 1.66. The van der Waals surface area contributed by atoms with Crippen molar-refractivity contribution >= 4 is 23.3 Å². The number of aromatic nitrogens is 2. The van der Waals surface area contributed by atoms with Crippen molar-refractivity contribution in [1.82, 2.24) is 14.9 Å². The van der Waals surface area contributed by atoms with E-state index in [1.165, 1.54) is 15.9 Å². The quantitative estimate of drug-likeness (QED) is 0.695. The van der Waals surface area contributed by atoms with Gasteiger partial charge in [0.2, 0.25) is 11.5 Å². The van der Waals surface area contributed by atoms with E-state index in [2.05, 4.69) is 9.97 Å². The third-order valence-electron chi connectivity index (χ3n) is 5.29. The van der Waals surface area contributed by atoms with Crippen molar-refractivity contribution in [2.45, 2.75) is 19.5 Å². The van der Waals surface area contributed by atoms with E-state index in [9.17, 15) is 14.4 Å². The molecule has 3 heterocycles. The number of amides is 2. The zero-order valence-corrected chi connectivity index (χ0v) is 16.6. The lowest BCUT2D eigenvalue weighted by Crippen LogP contribution is -2.45. The first-order valence-corrected chi connectivity index (χ1v) is 9.48. The fraction of sp³-hybridized carbons (Fsp3) is 0.182. The second kappa shape index (κ2) is 7.47. The van der Waals surface area contributed by atoms with Crippen molar-refractivity contribution in [1.29, 1.82) is 0 Å². The van der Waals surface area contributed by atoms with E-state index >= 15 is 0 Å². The summed E-state index contributed by atoms with van der Waals surface area (Å²) in [6.45, 7) is 1.81. The first-order chi connectivity index (χ1) is 14.3. The molecule has 0 unspecified atom stereocenters. The number of nitrogens with two attached hydrogens (primary N) is 1. The lowest BCUT2D eigenvalue weighted by Gasteiger charge is -2.27. The van der Waals surface area contributed by atoms with Crippen molar-refractivity contribution in [2.75, 3.05) is 17.7 Å². The Morgan fingerprint density at radius 1 is 1.07 bits per heavy atom. The molecule has 0 aliphatic carbocycles. The number of nitrogens with zero attached hydrogens (tertiary/aromatic N) is 3. The van der Waals surface area contributed by atoms with Gasteiger partial charge >= 0.3 is 0 Å². The van der Waals surface area contributed by atoms with Gasteiger partial charge in [-0.05, 0) is 48.4 Å². The maximum Gasteiger partial charge on any atom is 0.257 e. The fourth-order valence-electron chi connectivity index (χ4n) is 3.64. The number of rotatable bonds is 3. The molecular formula is C22H21N5O3. The number of nitrogen functional groups attached to an aromatic ring is 1. The zero-order chi connectivity index (χ0) is 21.4. The second-order valence-electron chi connectivity index (χ2n) is 7.25. The van der Waals surface area contributed by atoms with E-state index < -0.39 is 6.04 Å². The first kappa shape index (κ1) is 19.4. The predicted octanol–water partition coefficient (Wildman–Crippen LogP) is 2.03. The highest BCUT2D eigenvalue weighted by atomic mass is 16.2. The Bertz CT molecular complexity index is 1200. The van der Waals surface area contributed by atoms with Crippen LogP contribution in [0, 0.1) is 0 Å². The second-order valence-corrected chi connectivity index (χ2v) is 7.25. The molecule has 0 radical (unpaired) electrons. The summed E-state index contributed by atoms with van der Waals surface area (Å²) < 4.78 is 0. The van der Waals surface area contributed by atoms with Gasteiger partial charge < -0.3 is 20.5 Å². The van der Waals surface area contributed by atoms with E-state index in [0.29, 0.717) is 22.8 Å². The number of nitrogens with one attached hydrogen (secondary N) is 1. The van der Waals surface area contributed by atoms with Crippen LogP contribution in [0.5, 0.6) is 0 Å². The molecule has 3 aromatic rings. The fourth-order valence-corrected chi connectivity index (χ4v) is 3.64. The van der Waals surface area contributed by atoms with Gasteiger partial charge in [0.05, 0.1) is 17.8 Å². The molecule has 0 spiro atoms. The maximum absolute atomic E-state index is 13.4. The van der Waals surface area contributed by atoms with Crippen molar-refractivity contribution in [2.24, 2.45) is 0 Å². The van der Waals surface area contributed by atoms with Crippen LogP contribution in [0.2, 0.25) is 0 Å². The van der Waals surface area contributed by atoms with Gasteiger partial charge in [0.25, 0.3) is 5.91 Å². The number of likely N-dealkylation sites (N-methyl/N-ethyl adjacent to an activating group) is 1. The van der Waals surface area contributed by atoms with Crippen LogP contribution in [0.4, 0.5) is 11.5 Å². The molecule has 4 rings (SSSR count). The van der Waals surface area contributed by atoms with Crippen LogP contribution >= 0.6 is 0 Å². The van der Waals surface area contributed by atoms with Crippen LogP contribution in [0.1, 0.15) is 23.0 Å². The number of carbonyl (C=O) groups excluding carboxylic acids is 2. The monoisotopic (exact) mass is 403 g/mol. The van der Waals surface area contributed by atoms with Gasteiger partial charge in [-0.3, -0.25) is 14.4 Å². The number of hydrogen-bond acceptors (Lipinski definition) is 5. The van der Waals surface area contributed by atoms with Crippen molar-refractivity contribution < 1.29 is 9.59 Å². The molecule has 30 heavy (non-hydrogen) atoms. The van der Waals surface area contributed by atoms with Crippen molar-refractivity contribution in [3.05, 3.63) is 76.3 Å². The zero-order valence-electron chi connectivity index (χ0n) is 16.6. The molecule has 2 amide bonds. The van der Waals surface area contributed by atoms with Crippen LogP contribution in [0.3, 0.4) is 0 Å². The minimum absolute atomic E-state index is 0.123. The highest BCUT2D eigenvalue weighted by molar-refractivity contribution is 6.11. The minimum Gasteiger partial charge on any atom is -0.384 e. The minimum atomic E-state index is -0.696. The highest BCUT2D eigenvalue weighted by Gasteiger charge is 2.35. The van der Waals surface area contributed by atoms with Crippen LogP contribution in [-0.4, -0.2) is 39.8 Å². The average Bonchev–Trinajstić information content (AvgIpc) is 2.80. The summed E-state index contributed by atoms with van der Waals surface area (Å²) in [6, 6.07) is 12.9. The lowest BCUT2D eigenvalue weighted by molar-refractivity contribution is -0.122. The van der Waals surface area contributed by atoms with Crippen LogP contribution in [-0.2, 0) is 11.3 Å². The maximum atomic E-state index is 13.4. The van der Waals surface area contributed by atoms with Gasteiger partial charge in [-0.15, -0.1) is 0 Å². The summed E-state index contributed by atoms with van der Waals surface area (Å²) in [4.78, 5) is 47.7. The van der Waals surface area contributed by atoms with Crippen LogP contribution in [0.15, 0.2) is 59.5 Å². The van der Waals surface area contributed by atoms with Crippen molar-refractivity contribution in [3.63, 3.8) is 0 Å². The first-order valence-electron chi connectivity index (χ1n) is 9.48. The summed E-state index contributed by atoms with van der Waals surface area (Å²) in [5.41, 5.74) is 8.70. The number of H-pyrrole nitrogens is 1. The van der Waals surface area contributed by atoms with E-state index in [4.69, 9.17) is 5.73 Å². The van der Waals surface area contributed by atoms with Crippen molar-refractivity contribution in [3.8, 4) is 11.1 Å². The molecule has 2 aromatic heterocycles. The number of benzene rings is 1. The highest BCUT2D eigenvalue weighted by Crippen LogP contribution is 2.32. The van der Waals surface area contributed by atoms with Gasteiger partial charge in [-0.2, -0.15) is 0 Å². The van der Waals surface area contributed by atoms with E-state index in [-0.39, 0.29) is 23.9 Å². The average molecular weight is 403 g/mol. The molecule has 8 heteroatoms. The Morgan fingerprint density at radius 3 is 2.57 bits per heavy atom. The molecule has 8 nitrogen and oxygen atoms in total. The smallest absolute Gasteiger partial charge is 0.257 e. The molecule has 1 aliphatic rings. The SMILES string of the molecule is C[C@@H]1C(=O)N(C)c2cc(-c3ccnc(N)c3)ccc2C(=O)N1Cc1cccc(=O)[nH]1.